The van der Waals surface area contributed by atoms with Crippen LogP contribution in [0.2, 0.25) is 0 Å². The van der Waals surface area contributed by atoms with Crippen LogP contribution in [0, 0.1) is 0 Å². The summed E-state index contributed by atoms with van der Waals surface area (Å²) >= 11 is 0. The van der Waals surface area contributed by atoms with Crippen molar-refractivity contribution in [2.45, 2.75) is 52.2 Å². The van der Waals surface area contributed by atoms with E-state index in [9.17, 15) is 0 Å². The van der Waals surface area contributed by atoms with Gasteiger partial charge in [0.25, 0.3) is 0 Å². The second-order valence-corrected chi connectivity index (χ2v) is 6.68. The predicted molar refractivity (Wildman–Crippen MR) is 109 cm³/mol. The Balaban J connectivity index is 1.68. The van der Waals surface area contributed by atoms with Crippen molar-refractivity contribution in [3.8, 4) is 5.75 Å². The normalized spacial score (nSPS) is 17.1. The van der Waals surface area contributed by atoms with Crippen molar-refractivity contribution in [3.05, 3.63) is 29.8 Å². The molecule has 1 heterocycles. The first-order valence-electron chi connectivity index (χ1n) is 10.2. The average molecular weight is 378 g/mol. The van der Waals surface area contributed by atoms with Crippen LogP contribution < -0.4 is 15.4 Å². The van der Waals surface area contributed by atoms with Crippen LogP contribution in [0.15, 0.2) is 29.3 Å². The van der Waals surface area contributed by atoms with E-state index < -0.39 is 0 Å². The molecule has 0 amide bonds. The Bertz CT molecular complexity index is 545. The number of hydrogen-bond donors (Lipinski definition) is 2. The fourth-order valence-corrected chi connectivity index (χ4v) is 2.84. The van der Waals surface area contributed by atoms with Gasteiger partial charge in [0.1, 0.15) is 5.75 Å². The van der Waals surface area contributed by atoms with Gasteiger partial charge in [-0.05, 0) is 50.3 Å². The topological polar surface area (TPSA) is 64.1 Å². The van der Waals surface area contributed by atoms with Gasteiger partial charge in [0.15, 0.2) is 5.96 Å². The molecule has 1 atom stereocenters. The highest BCUT2D eigenvalue weighted by Gasteiger charge is 2.14. The third-order valence-electron chi connectivity index (χ3n) is 4.22. The molecule has 0 aliphatic carbocycles. The molecule has 1 aromatic carbocycles. The summed E-state index contributed by atoms with van der Waals surface area (Å²) in [5.74, 6) is 1.74. The van der Waals surface area contributed by atoms with E-state index in [2.05, 4.69) is 41.6 Å². The van der Waals surface area contributed by atoms with Crippen LogP contribution in [0.5, 0.6) is 5.75 Å². The fraction of sp³-hybridized carbons (Fsp3) is 0.667. The van der Waals surface area contributed by atoms with Crippen LogP contribution in [0.1, 0.15) is 45.1 Å². The summed E-state index contributed by atoms with van der Waals surface area (Å²) < 4.78 is 16.9. The SMILES string of the molecule is CCCOc1cccc(CN=C(NCC)NCCCOCC2CCCO2)c1. The van der Waals surface area contributed by atoms with Gasteiger partial charge in [0.2, 0.25) is 0 Å². The minimum absolute atomic E-state index is 0.300. The van der Waals surface area contributed by atoms with Crippen LogP contribution in [-0.4, -0.2) is 51.6 Å². The fourth-order valence-electron chi connectivity index (χ4n) is 2.84. The largest absolute Gasteiger partial charge is 0.494 e. The molecule has 27 heavy (non-hydrogen) atoms. The summed E-state index contributed by atoms with van der Waals surface area (Å²) in [5.41, 5.74) is 1.14. The van der Waals surface area contributed by atoms with Gasteiger partial charge in [-0.3, -0.25) is 0 Å². The van der Waals surface area contributed by atoms with Crippen molar-refractivity contribution in [1.29, 1.82) is 0 Å². The second-order valence-electron chi connectivity index (χ2n) is 6.68. The third-order valence-corrected chi connectivity index (χ3v) is 4.22. The standard InChI is InChI=1S/C21H35N3O3/c1-3-12-26-19-9-5-8-18(15-19)16-24-21(22-4-2)23-11-7-13-25-17-20-10-6-14-27-20/h5,8-9,15,20H,3-4,6-7,10-14,16-17H2,1-2H3,(H2,22,23,24). The van der Waals surface area contributed by atoms with Gasteiger partial charge >= 0.3 is 0 Å². The zero-order valence-electron chi connectivity index (χ0n) is 16.8. The molecule has 6 heteroatoms. The molecule has 0 aromatic heterocycles. The Kier molecular flexibility index (Phi) is 10.7. The molecule has 0 saturated carbocycles. The van der Waals surface area contributed by atoms with Crippen molar-refractivity contribution in [2.75, 3.05) is 39.5 Å². The maximum atomic E-state index is 5.69. The van der Waals surface area contributed by atoms with Crippen LogP contribution in [0.4, 0.5) is 0 Å². The van der Waals surface area contributed by atoms with E-state index in [4.69, 9.17) is 14.2 Å². The highest BCUT2D eigenvalue weighted by molar-refractivity contribution is 5.79. The number of ether oxygens (including phenoxy) is 3. The highest BCUT2D eigenvalue weighted by Crippen LogP contribution is 2.14. The van der Waals surface area contributed by atoms with Gasteiger partial charge < -0.3 is 24.8 Å². The van der Waals surface area contributed by atoms with Gasteiger partial charge in [-0.15, -0.1) is 0 Å². The summed E-state index contributed by atoms with van der Waals surface area (Å²) in [6, 6.07) is 8.14. The number of aliphatic imine (C=N–C) groups is 1. The minimum Gasteiger partial charge on any atom is -0.494 e. The Labute approximate surface area is 163 Å². The van der Waals surface area contributed by atoms with E-state index in [1.807, 2.05) is 12.1 Å². The zero-order chi connectivity index (χ0) is 19.2. The van der Waals surface area contributed by atoms with Crippen LogP contribution >= 0.6 is 0 Å². The number of rotatable bonds is 12. The van der Waals surface area contributed by atoms with E-state index in [-0.39, 0.29) is 0 Å². The number of nitrogens with one attached hydrogen (secondary N) is 2. The van der Waals surface area contributed by atoms with E-state index in [0.29, 0.717) is 19.3 Å². The Morgan fingerprint density at radius 3 is 2.96 bits per heavy atom. The summed E-state index contributed by atoms with van der Waals surface area (Å²) in [5, 5.41) is 6.65. The lowest BCUT2D eigenvalue weighted by Crippen LogP contribution is -2.38. The van der Waals surface area contributed by atoms with Crippen LogP contribution in [0.25, 0.3) is 0 Å². The first kappa shape index (κ1) is 21.5. The second kappa shape index (κ2) is 13.4. The lowest BCUT2D eigenvalue weighted by molar-refractivity contribution is 0.0168. The zero-order valence-corrected chi connectivity index (χ0v) is 16.8. The van der Waals surface area contributed by atoms with Gasteiger partial charge in [0.05, 0.1) is 25.9 Å². The molecule has 1 aliphatic heterocycles. The van der Waals surface area contributed by atoms with Crippen LogP contribution in [0.3, 0.4) is 0 Å². The summed E-state index contributed by atoms with van der Waals surface area (Å²) in [6.07, 6.45) is 4.53. The Morgan fingerprint density at radius 1 is 1.26 bits per heavy atom. The molecule has 1 unspecified atom stereocenters. The Hall–Kier alpha value is -1.79. The summed E-state index contributed by atoms with van der Waals surface area (Å²) in [7, 11) is 0. The molecule has 1 fully saturated rings. The molecule has 1 saturated heterocycles. The predicted octanol–water partition coefficient (Wildman–Crippen LogP) is 3.12. The quantitative estimate of drug-likeness (QED) is 0.333. The summed E-state index contributed by atoms with van der Waals surface area (Å²) in [6.45, 7) is 9.54. The molecule has 6 nitrogen and oxygen atoms in total. The molecule has 152 valence electrons. The van der Waals surface area contributed by atoms with E-state index >= 15 is 0 Å². The van der Waals surface area contributed by atoms with Gasteiger partial charge in [0, 0.05) is 26.3 Å². The number of nitrogens with zero attached hydrogens (tertiary/aromatic N) is 1. The van der Waals surface area contributed by atoms with E-state index in [0.717, 1.165) is 75.9 Å². The van der Waals surface area contributed by atoms with Gasteiger partial charge in [-0.2, -0.15) is 0 Å². The molecule has 0 radical (unpaired) electrons. The molecular weight excluding hydrogens is 342 g/mol. The number of benzene rings is 1. The lowest BCUT2D eigenvalue weighted by atomic mass is 10.2. The van der Waals surface area contributed by atoms with Crippen LogP contribution in [-0.2, 0) is 16.0 Å². The van der Waals surface area contributed by atoms with E-state index in [1.54, 1.807) is 0 Å². The molecule has 0 bridgehead atoms. The molecule has 1 aromatic rings. The minimum atomic E-state index is 0.300. The monoisotopic (exact) mass is 377 g/mol. The van der Waals surface area contributed by atoms with Crippen molar-refractivity contribution in [1.82, 2.24) is 10.6 Å². The number of guanidine groups is 1. The third kappa shape index (κ3) is 9.11. The summed E-state index contributed by atoms with van der Waals surface area (Å²) in [4.78, 5) is 4.66. The molecule has 1 aliphatic rings. The van der Waals surface area contributed by atoms with Crippen molar-refractivity contribution in [2.24, 2.45) is 4.99 Å². The smallest absolute Gasteiger partial charge is 0.191 e. The van der Waals surface area contributed by atoms with Gasteiger partial charge in [-0.1, -0.05) is 19.1 Å². The maximum Gasteiger partial charge on any atom is 0.191 e. The number of hydrogen-bond acceptors (Lipinski definition) is 4. The van der Waals surface area contributed by atoms with Crippen molar-refractivity contribution < 1.29 is 14.2 Å². The molecule has 2 N–H and O–H groups in total. The molecule has 2 rings (SSSR count). The Morgan fingerprint density at radius 2 is 2.19 bits per heavy atom. The first-order chi connectivity index (χ1) is 13.3. The first-order valence-corrected chi connectivity index (χ1v) is 10.2. The average Bonchev–Trinajstić information content (AvgIpc) is 3.21. The van der Waals surface area contributed by atoms with Gasteiger partial charge in [-0.25, -0.2) is 4.99 Å². The lowest BCUT2D eigenvalue weighted by Gasteiger charge is -2.13. The van der Waals surface area contributed by atoms with Crippen molar-refractivity contribution in [3.63, 3.8) is 0 Å². The maximum absolute atomic E-state index is 5.69. The van der Waals surface area contributed by atoms with Crippen molar-refractivity contribution >= 4 is 5.96 Å². The van der Waals surface area contributed by atoms with E-state index in [1.165, 1.54) is 0 Å². The molecule has 0 spiro atoms. The highest BCUT2D eigenvalue weighted by atomic mass is 16.5. The molecular formula is C21H35N3O3.